The van der Waals surface area contributed by atoms with E-state index in [1.54, 1.807) is 45.5 Å². The average Bonchev–Trinajstić information content (AvgIpc) is 2.82. The van der Waals surface area contributed by atoms with Gasteiger partial charge in [-0.15, -0.1) is 0 Å². The third-order valence-corrected chi connectivity index (χ3v) is 5.07. The summed E-state index contributed by atoms with van der Waals surface area (Å²) in [6, 6.07) is 11.0. The van der Waals surface area contributed by atoms with E-state index < -0.39 is 0 Å². The van der Waals surface area contributed by atoms with Gasteiger partial charge in [0.1, 0.15) is 12.7 Å². The van der Waals surface area contributed by atoms with E-state index >= 15 is 0 Å². The standard InChI is InChI=1S/C23H29NO7/c1-26-18-7-5-6-8-19(18)31-15-17-14-24(9-10-30-17)22(25)13-16-11-20(27-2)23(29-4)21(12-16)28-3/h5-8,11-12,17H,9-10,13-15H2,1-4H3/t17-/m0/s1. The molecular weight excluding hydrogens is 402 g/mol. The number of ether oxygens (including phenoxy) is 6. The molecule has 0 spiro atoms. The molecule has 8 heteroatoms. The molecule has 168 valence electrons. The molecule has 1 atom stereocenters. The van der Waals surface area contributed by atoms with Gasteiger partial charge in [-0.25, -0.2) is 0 Å². The Morgan fingerprint density at radius 2 is 1.61 bits per heavy atom. The molecular formula is C23H29NO7. The Balaban J connectivity index is 1.62. The molecule has 8 nitrogen and oxygen atoms in total. The predicted octanol–water partition coefficient (Wildman–Crippen LogP) is 2.57. The van der Waals surface area contributed by atoms with Crippen LogP contribution in [0, 0.1) is 0 Å². The number of hydrogen-bond acceptors (Lipinski definition) is 7. The summed E-state index contributed by atoms with van der Waals surface area (Å²) in [5.74, 6) is 2.86. The highest BCUT2D eigenvalue weighted by Gasteiger charge is 2.26. The summed E-state index contributed by atoms with van der Waals surface area (Å²) in [6.07, 6.45) is -0.000812. The zero-order chi connectivity index (χ0) is 22.2. The van der Waals surface area contributed by atoms with E-state index in [1.807, 2.05) is 24.3 Å². The lowest BCUT2D eigenvalue weighted by molar-refractivity contribution is -0.139. The number of morpholine rings is 1. The molecule has 1 heterocycles. The zero-order valence-corrected chi connectivity index (χ0v) is 18.4. The number of amides is 1. The van der Waals surface area contributed by atoms with Crippen LogP contribution >= 0.6 is 0 Å². The lowest BCUT2D eigenvalue weighted by atomic mass is 10.1. The van der Waals surface area contributed by atoms with E-state index in [-0.39, 0.29) is 18.4 Å². The first-order valence-electron chi connectivity index (χ1n) is 10.0. The fourth-order valence-corrected chi connectivity index (χ4v) is 3.49. The van der Waals surface area contributed by atoms with Crippen molar-refractivity contribution >= 4 is 5.91 Å². The van der Waals surface area contributed by atoms with Gasteiger partial charge in [-0.1, -0.05) is 12.1 Å². The predicted molar refractivity (Wildman–Crippen MR) is 115 cm³/mol. The van der Waals surface area contributed by atoms with Crippen LogP contribution in [-0.2, 0) is 16.0 Å². The Morgan fingerprint density at radius 1 is 0.968 bits per heavy atom. The number of rotatable bonds is 9. The van der Waals surface area contributed by atoms with Gasteiger partial charge in [-0.05, 0) is 29.8 Å². The van der Waals surface area contributed by atoms with Crippen LogP contribution in [0.2, 0.25) is 0 Å². The summed E-state index contributed by atoms with van der Waals surface area (Å²) in [5.41, 5.74) is 0.785. The quantitative estimate of drug-likeness (QED) is 0.604. The SMILES string of the molecule is COc1ccccc1OC[C@@H]1CN(C(=O)Cc2cc(OC)c(OC)c(OC)c2)CCO1. The van der Waals surface area contributed by atoms with Crippen molar-refractivity contribution in [3.8, 4) is 28.7 Å². The molecule has 0 saturated carbocycles. The first-order chi connectivity index (χ1) is 15.1. The molecule has 1 aliphatic heterocycles. The molecule has 2 aromatic rings. The van der Waals surface area contributed by atoms with E-state index in [0.717, 1.165) is 5.56 Å². The van der Waals surface area contributed by atoms with Crippen molar-refractivity contribution in [2.75, 3.05) is 54.7 Å². The molecule has 3 rings (SSSR count). The van der Waals surface area contributed by atoms with Gasteiger partial charge in [-0.3, -0.25) is 4.79 Å². The van der Waals surface area contributed by atoms with E-state index in [4.69, 9.17) is 28.4 Å². The van der Waals surface area contributed by atoms with Gasteiger partial charge in [0, 0.05) is 6.54 Å². The molecule has 1 amide bonds. The van der Waals surface area contributed by atoms with Crippen molar-refractivity contribution in [2.45, 2.75) is 12.5 Å². The molecule has 0 aliphatic carbocycles. The topological polar surface area (TPSA) is 75.7 Å². The molecule has 0 aromatic heterocycles. The van der Waals surface area contributed by atoms with Crippen molar-refractivity contribution in [3.05, 3.63) is 42.0 Å². The fourth-order valence-electron chi connectivity index (χ4n) is 3.49. The maximum atomic E-state index is 12.9. The summed E-state index contributed by atoms with van der Waals surface area (Å²) >= 11 is 0. The first-order valence-corrected chi connectivity index (χ1v) is 10.0. The Hall–Kier alpha value is -3.13. The third-order valence-electron chi connectivity index (χ3n) is 5.07. The van der Waals surface area contributed by atoms with E-state index in [1.165, 1.54) is 0 Å². The largest absolute Gasteiger partial charge is 0.493 e. The first kappa shape index (κ1) is 22.6. The average molecular weight is 431 g/mol. The Bertz CT molecular complexity index is 861. The third kappa shape index (κ3) is 5.52. The number of hydrogen-bond donors (Lipinski definition) is 0. The van der Waals surface area contributed by atoms with Crippen LogP contribution in [0.4, 0.5) is 0 Å². The van der Waals surface area contributed by atoms with Gasteiger partial charge in [-0.2, -0.15) is 0 Å². The minimum absolute atomic E-state index is 0.000125. The van der Waals surface area contributed by atoms with Crippen molar-refractivity contribution in [3.63, 3.8) is 0 Å². The van der Waals surface area contributed by atoms with E-state index in [9.17, 15) is 4.79 Å². The number of carbonyl (C=O) groups excluding carboxylic acids is 1. The molecule has 31 heavy (non-hydrogen) atoms. The monoisotopic (exact) mass is 431 g/mol. The number of nitrogens with zero attached hydrogens (tertiary/aromatic N) is 1. The summed E-state index contributed by atoms with van der Waals surface area (Å²) in [4.78, 5) is 14.7. The molecule has 1 aliphatic rings. The Labute approximate surface area is 182 Å². The summed E-state index contributed by atoms with van der Waals surface area (Å²) in [7, 11) is 6.25. The molecule has 0 radical (unpaired) electrons. The van der Waals surface area contributed by atoms with Gasteiger partial charge in [0.05, 0.1) is 48.0 Å². The van der Waals surface area contributed by atoms with E-state index in [0.29, 0.717) is 55.1 Å². The normalized spacial score (nSPS) is 15.9. The van der Waals surface area contributed by atoms with Gasteiger partial charge >= 0.3 is 0 Å². The minimum Gasteiger partial charge on any atom is -0.493 e. The second-order valence-electron chi connectivity index (χ2n) is 7.00. The highest BCUT2D eigenvalue weighted by atomic mass is 16.5. The molecule has 0 unspecified atom stereocenters. The summed E-state index contributed by atoms with van der Waals surface area (Å²) < 4.78 is 33.1. The number of benzene rings is 2. The smallest absolute Gasteiger partial charge is 0.227 e. The van der Waals surface area contributed by atoms with Crippen molar-refractivity contribution in [1.29, 1.82) is 0 Å². The van der Waals surface area contributed by atoms with Crippen molar-refractivity contribution < 1.29 is 33.2 Å². The van der Waals surface area contributed by atoms with Crippen LogP contribution in [0.5, 0.6) is 28.7 Å². The second kappa shape index (κ2) is 10.8. The van der Waals surface area contributed by atoms with Gasteiger partial charge in [0.2, 0.25) is 11.7 Å². The number of methoxy groups -OCH3 is 4. The highest BCUT2D eigenvalue weighted by molar-refractivity contribution is 5.79. The summed E-state index contributed by atoms with van der Waals surface area (Å²) in [6.45, 7) is 1.78. The van der Waals surface area contributed by atoms with Gasteiger partial charge < -0.3 is 33.3 Å². The molecule has 1 fully saturated rings. The molecule has 1 saturated heterocycles. The summed E-state index contributed by atoms with van der Waals surface area (Å²) in [5, 5.41) is 0. The molecule has 0 bridgehead atoms. The number of carbonyl (C=O) groups is 1. The lowest BCUT2D eigenvalue weighted by Gasteiger charge is -2.33. The van der Waals surface area contributed by atoms with Crippen LogP contribution in [0.3, 0.4) is 0 Å². The van der Waals surface area contributed by atoms with Crippen LogP contribution in [-0.4, -0.2) is 71.7 Å². The minimum atomic E-state index is -0.220. The molecule has 0 N–H and O–H groups in total. The lowest BCUT2D eigenvalue weighted by Crippen LogP contribution is -2.48. The second-order valence-corrected chi connectivity index (χ2v) is 7.00. The Morgan fingerprint density at radius 3 is 2.23 bits per heavy atom. The zero-order valence-electron chi connectivity index (χ0n) is 18.4. The highest BCUT2D eigenvalue weighted by Crippen LogP contribution is 2.38. The van der Waals surface area contributed by atoms with Crippen LogP contribution in [0.15, 0.2) is 36.4 Å². The van der Waals surface area contributed by atoms with Crippen LogP contribution in [0.25, 0.3) is 0 Å². The maximum Gasteiger partial charge on any atom is 0.227 e. The molecule has 2 aromatic carbocycles. The van der Waals surface area contributed by atoms with E-state index in [2.05, 4.69) is 0 Å². The number of para-hydroxylation sites is 2. The van der Waals surface area contributed by atoms with Crippen molar-refractivity contribution in [2.24, 2.45) is 0 Å². The maximum absolute atomic E-state index is 12.9. The van der Waals surface area contributed by atoms with Gasteiger partial charge in [0.15, 0.2) is 23.0 Å². The Kier molecular flexibility index (Phi) is 7.83. The van der Waals surface area contributed by atoms with Crippen LogP contribution in [0.1, 0.15) is 5.56 Å². The fraction of sp³-hybridized carbons (Fsp3) is 0.435. The van der Waals surface area contributed by atoms with Crippen LogP contribution < -0.4 is 23.7 Å². The van der Waals surface area contributed by atoms with Crippen molar-refractivity contribution in [1.82, 2.24) is 4.90 Å². The van der Waals surface area contributed by atoms with Gasteiger partial charge in [0.25, 0.3) is 0 Å².